The Morgan fingerprint density at radius 1 is 1.09 bits per heavy atom. The van der Waals surface area contributed by atoms with Crippen LogP contribution in [0.3, 0.4) is 0 Å². The highest BCUT2D eigenvalue weighted by Gasteiger charge is 2.08. The van der Waals surface area contributed by atoms with Crippen molar-refractivity contribution in [2.24, 2.45) is 0 Å². The monoisotopic (exact) mass is 371 g/mol. The number of hydrogen-bond donors (Lipinski definition) is 2. The first-order valence-electron chi connectivity index (χ1n) is 7.02. The molecule has 0 unspecified atom stereocenters. The third kappa shape index (κ3) is 4.20. The van der Waals surface area contributed by atoms with E-state index in [1.165, 1.54) is 0 Å². The Kier molecular flexibility index (Phi) is 4.73. The topological polar surface area (TPSA) is 67.2 Å². The van der Waals surface area contributed by atoms with Crippen LogP contribution in [0.4, 0.5) is 10.5 Å². The third-order valence-electron chi connectivity index (χ3n) is 3.15. The van der Waals surface area contributed by atoms with E-state index < -0.39 is 0 Å². The van der Waals surface area contributed by atoms with Gasteiger partial charge in [-0.25, -0.2) is 4.79 Å². The van der Waals surface area contributed by atoms with Gasteiger partial charge in [-0.3, -0.25) is 0 Å². The first kappa shape index (κ1) is 15.3. The Morgan fingerprint density at radius 2 is 1.83 bits per heavy atom. The largest absolute Gasteiger partial charge is 0.359 e. The average molecular weight is 372 g/mol. The number of benzene rings is 2. The molecule has 116 valence electrons. The molecule has 2 aromatic carbocycles. The van der Waals surface area contributed by atoms with E-state index in [4.69, 9.17) is 4.52 Å². The molecule has 0 bridgehead atoms. The van der Waals surface area contributed by atoms with Gasteiger partial charge >= 0.3 is 6.03 Å². The van der Waals surface area contributed by atoms with E-state index in [1.54, 1.807) is 0 Å². The van der Waals surface area contributed by atoms with Gasteiger partial charge in [0.15, 0.2) is 5.76 Å². The maximum Gasteiger partial charge on any atom is 0.319 e. The molecule has 5 nitrogen and oxygen atoms in total. The number of anilines is 1. The second kappa shape index (κ2) is 7.11. The highest BCUT2D eigenvalue weighted by Crippen LogP contribution is 2.18. The SMILES string of the molecule is O=C(NCc1cc(-c2ccccc2)no1)Nc1ccc(Br)cc1. The second-order valence-corrected chi connectivity index (χ2v) is 5.77. The normalized spacial score (nSPS) is 10.3. The summed E-state index contributed by atoms with van der Waals surface area (Å²) in [6.07, 6.45) is 0. The maximum absolute atomic E-state index is 11.9. The molecule has 0 spiro atoms. The quantitative estimate of drug-likeness (QED) is 0.712. The van der Waals surface area contributed by atoms with Gasteiger partial charge in [-0.1, -0.05) is 51.4 Å². The van der Waals surface area contributed by atoms with Crippen molar-refractivity contribution >= 4 is 27.6 Å². The molecule has 3 aromatic rings. The summed E-state index contributed by atoms with van der Waals surface area (Å²) in [5.41, 5.74) is 2.44. The lowest BCUT2D eigenvalue weighted by Crippen LogP contribution is -2.27. The smallest absolute Gasteiger partial charge is 0.319 e. The van der Waals surface area contributed by atoms with Crippen LogP contribution in [0, 0.1) is 0 Å². The van der Waals surface area contributed by atoms with Crippen molar-refractivity contribution in [3.05, 3.63) is 70.9 Å². The van der Waals surface area contributed by atoms with Gasteiger partial charge in [0.1, 0.15) is 5.69 Å². The Morgan fingerprint density at radius 3 is 2.57 bits per heavy atom. The summed E-state index contributed by atoms with van der Waals surface area (Å²) in [4.78, 5) is 11.9. The molecule has 0 aliphatic carbocycles. The summed E-state index contributed by atoms with van der Waals surface area (Å²) in [5.74, 6) is 0.592. The molecular weight excluding hydrogens is 358 g/mol. The summed E-state index contributed by atoms with van der Waals surface area (Å²) < 4.78 is 6.19. The fraction of sp³-hybridized carbons (Fsp3) is 0.0588. The number of halogens is 1. The van der Waals surface area contributed by atoms with E-state index >= 15 is 0 Å². The highest BCUT2D eigenvalue weighted by molar-refractivity contribution is 9.10. The molecule has 23 heavy (non-hydrogen) atoms. The molecule has 3 rings (SSSR count). The number of nitrogens with one attached hydrogen (secondary N) is 2. The maximum atomic E-state index is 11.9. The molecule has 2 amide bonds. The van der Waals surface area contributed by atoms with Gasteiger partial charge < -0.3 is 15.2 Å². The number of aromatic nitrogens is 1. The van der Waals surface area contributed by atoms with Crippen LogP contribution < -0.4 is 10.6 Å². The van der Waals surface area contributed by atoms with Crippen molar-refractivity contribution in [3.63, 3.8) is 0 Å². The first-order chi connectivity index (χ1) is 11.2. The summed E-state index contributed by atoms with van der Waals surface area (Å²) in [6, 6.07) is 18.6. The molecule has 0 atom stereocenters. The fourth-order valence-corrected chi connectivity index (χ4v) is 2.28. The summed E-state index contributed by atoms with van der Waals surface area (Å²) in [7, 11) is 0. The standard InChI is InChI=1S/C17H14BrN3O2/c18-13-6-8-14(9-7-13)20-17(22)19-11-15-10-16(21-23-15)12-4-2-1-3-5-12/h1-10H,11H2,(H2,19,20,22). The Bertz CT molecular complexity index is 785. The molecular formula is C17H14BrN3O2. The molecule has 2 N–H and O–H groups in total. The lowest BCUT2D eigenvalue weighted by atomic mass is 10.1. The zero-order chi connectivity index (χ0) is 16.1. The van der Waals surface area contributed by atoms with E-state index in [-0.39, 0.29) is 12.6 Å². The van der Waals surface area contributed by atoms with Crippen molar-refractivity contribution in [1.29, 1.82) is 0 Å². The number of rotatable bonds is 4. The van der Waals surface area contributed by atoms with E-state index in [1.807, 2.05) is 60.7 Å². The fourth-order valence-electron chi connectivity index (χ4n) is 2.02. The number of urea groups is 1. The lowest BCUT2D eigenvalue weighted by Gasteiger charge is -2.05. The average Bonchev–Trinajstić information content (AvgIpc) is 3.05. The van der Waals surface area contributed by atoms with Gasteiger partial charge in [0, 0.05) is 21.8 Å². The van der Waals surface area contributed by atoms with E-state index in [0.29, 0.717) is 11.4 Å². The van der Waals surface area contributed by atoms with Gasteiger partial charge in [-0.15, -0.1) is 0 Å². The minimum atomic E-state index is -0.301. The van der Waals surface area contributed by atoms with Crippen molar-refractivity contribution < 1.29 is 9.32 Å². The minimum Gasteiger partial charge on any atom is -0.359 e. The molecule has 0 fully saturated rings. The van der Waals surface area contributed by atoms with Gasteiger partial charge in [0.05, 0.1) is 6.54 Å². The van der Waals surface area contributed by atoms with E-state index in [9.17, 15) is 4.79 Å². The van der Waals surface area contributed by atoms with E-state index in [0.717, 1.165) is 15.7 Å². The summed E-state index contributed by atoms with van der Waals surface area (Å²) in [5, 5.41) is 9.48. The Labute approximate surface area is 141 Å². The molecule has 0 radical (unpaired) electrons. The Balaban J connectivity index is 1.55. The molecule has 0 aliphatic rings. The second-order valence-electron chi connectivity index (χ2n) is 4.86. The number of nitrogens with zero attached hydrogens (tertiary/aromatic N) is 1. The highest BCUT2D eigenvalue weighted by atomic mass is 79.9. The predicted molar refractivity (Wildman–Crippen MR) is 91.9 cm³/mol. The molecule has 0 aliphatic heterocycles. The zero-order valence-corrected chi connectivity index (χ0v) is 13.7. The van der Waals surface area contributed by atoms with Crippen molar-refractivity contribution in [1.82, 2.24) is 10.5 Å². The zero-order valence-electron chi connectivity index (χ0n) is 12.1. The van der Waals surface area contributed by atoms with Crippen LogP contribution in [0.1, 0.15) is 5.76 Å². The molecule has 0 saturated heterocycles. The van der Waals surface area contributed by atoms with Crippen LogP contribution in [0.5, 0.6) is 0 Å². The van der Waals surface area contributed by atoms with Crippen molar-refractivity contribution in [3.8, 4) is 11.3 Å². The molecule has 6 heteroatoms. The van der Waals surface area contributed by atoms with Gasteiger partial charge in [0.25, 0.3) is 0 Å². The van der Waals surface area contributed by atoms with Crippen LogP contribution in [-0.4, -0.2) is 11.2 Å². The predicted octanol–water partition coefficient (Wildman–Crippen LogP) is 4.43. The number of carbonyl (C=O) groups is 1. The van der Waals surface area contributed by atoms with E-state index in [2.05, 4.69) is 31.7 Å². The third-order valence-corrected chi connectivity index (χ3v) is 3.68. The van der Waals surface area contributed by atoms with Crippen LogP contribution in [0.15, 0.2) is 69.7 Å². The summed E-state index contributed by atoms with van der Waals surface area (Å²) >= 11 is 3.35. The van der Waals surface area contributed by atoms with Crippen LogP contribution in [0.2, 0.25) is 0 Å². The van der Waals surface area contributed by atoms with Crippen LogP contribution in [-0.2, 0) is 6.54 Å². The van der Waals surface area contributed by atoms with Crippen LogP contribution >= 0.6 is 15.9 Å². The molecule has 1 aromatic heterocycles. The number of hydrogen-bond acceptors (Lipinski definition) is 3. The van der Waals surface area contributed by atoms with Crippen LogP contribution in [0.25, 0.3) is 11.3 Å². The first-order valence-corrected chi connectivity index (χ1v) is 7.81. The van der Waals surface area contributed by atoms with Gasteiger partial charge in [-0.05, 0) is 24.3 Å². The summed E-state index contributed by atoms with van der Waals surface area (Å²) in [6.45, 7) is 0.266. The number of carbonyl (C=O) groups excluding carboxylic acids is 1. The minimum absolute atomic E-state index is 0.266. The molecule has 1 heterocycles. The van der Waals surface area contributed by atoms with Crippen molar-refractivity contribution in [2.75, 3.05) is 5.32 Å². The molecule has 0 saturated carbocycles. The number of amides is 2. The lowest BCUT2D eigenvalue weighted by molar-refractivity contribution is 0.250. The van der Waals surface area contributed by atoms with Gasteiger partial charge in [0.2, 0.25) is 0 Å². The van der Waals surface area contributed by atoms with Crippen molar-refractivity contribution in [2.45, 2.75) is 6.54 Å². The Hall–Kier alpha value is -2.60. The van der Waals surface area contributed by atoms with Gasteiger partial charge in [-0.2, -0.15) is 0 Å².